The van der Waals surface area contributed by atoms with Gasteiger partial charge in [-0.25, -0.2) is 4.79 Å². The Morgan fingerprint density at radius 2 is 1.56 bits per heavy atom. The smallest absolute Gasteiger partial charge is 0.345 e. The van der Waals surface area contributed by atoms with Gasteiger partial charge in [0.15, 0.2) is 0 Å². The highest BCUT2D eigenvalue weighted by atomic mass is 32.1. The molecule has 0 bridgehead atoms. The van der Waals surface area contributed by atoms with E-state index >= 15 is 0 Å². The van der Waals surface area contributed by atoms with Gasteiger partial charge in [0.1, 0.15) is 4.88 Å². The number of hydrogen-bond acceptors (Lipinski definition) is 3. The van der Waals surface area contributed by atoms with Gasteiger partial charge >= 0.3 is 11.9 Å². The third-order valence-corrected chi connectivity index (χ3v) is 13.7. The number of fused-ring (bicyclic) bond motifs is 7. The fourth-order valence-electron chi connectivity index (χ4n) is 11.2. The first-order valence-electron chi connectivity index (χ1n) is 16.5. The average Bonchev–Trinajstić information content (AvgIpc) is 3.64. The highest BCUT2D eigenvalue weighted by Gasteiger charge is 2.66. The third-order valence-electron chi connectivity index (χ3n) is 12.6. The molecule has 5 unspecified atom stereocenters. The Hall–Kier alpha value is -2.32. The van der Waals surface area contributed by atoms with Gasteiger partial charge in [-0.3, -0.25) is 4.79 Å². The van der Waals surface area contributed by atoms with Gasteiger partial charge in [0.25, 0.3) is 0 Å². The van der Waals surface area contributed by atoms with E-state index < -0.39 is 17.4 Å². The SMILES string of the molecule is C#C.C=CC.CC.CC1(C)C(c2ccc(C(=O)O)s2)=CC[C@@]2(C)C1CC[C@@]1(C)C3CC[C@@]4(C(=O)O)CCCC4C3CCC12. The van der Waals surface area contributed by atoms with Crippen LogP contribution >= 0.6 is 11.3 Å². The number of rotatable bonds is 3. The zero-order chi connectivity index (χ0) is 32.4. The Bertz CT molecular complexity index is 1220. The van der Waals surface area contributed by atoms with Crippen molar-refractivity contribution in [2.75, 3.05) is 0 Å². The molecule has 0 aliphatic heterocycles. The number of aromatic carboxylic acids is 1. The second-order valence-corrected chi connectivity index (χ2v) is 15.5. The Morgan fingerprint density at radius 3 is 2.14 bits per heavy atom. The van der Waals surface area contributed by atoms with Crippen LogP contribution in [0.5, 0.6) is 0 Å². The van der Waals surface area contributed by atoms with E-state index in [0.29, 0.717) is 39.9 Å². The lowest BCUT2D eigenvalue weighted by atomic mass is 9.36. The monoisotopic (exact) mass is 608 g/mol. The van der Waals surface area contributed by atoms with Crippen LogP contribution in [0.1, 0.15) is 127 Å². The minimum absolute atomic E-state index is 0.00227. The Labute approximate surface area is 265 Å². The van der Waals surface area contributed by atoms with E-state index in [0.717, 1.165) is 43.4 Å². The second kappa shape index (κ2) is 13.4. The standard InChI is InChI=1S/C31H42O4S.C3H6.C2H6.C2H2/c1-28(2)21(22-8-9-23(36-22)26(32)33)11-15-30(4)24(28)13-16-29(3)19-12-17-31(27(34)35)14-5-6-20(31)18(19)7-10-25(29)30;1-3-2;2*1-2/h8-9,11,18-20,24-25H,5-7,10,12-17H2,1-4H3,(H,32,33)(H,34,35);3H,1H2,2H3;1-2H3;1-2H/t18?,19?,20?,24?,25?,29-,30-,31-;;;/m0.../s1. The van der Waals surface area contributed by atoms with Crippen LogP contribution in [0.3, 0.4) is 0 Å². The summed E-state index contributed by atoms with van der Waals surface area (Å²) in [5.41, 5.74) is 1.43. The van der Waals surface area contributed by atoms with Crippen molar-refractivity contribution < 1.29 is 19.8 Å². The summed E-state index contributed by atoms with van der Waals surface area (Å²) in [6.45, 7) is 19.2. The maximum absolute atomic E-state index is 12.5. The van der Waals surface area contributed by atoms with Crippen LogP contribution in [0.25, 0.3) is 5.57 Å². The van der Waals surface area contributed by atoms with Crippen LogP contribution in [0.2, 0.25) is 0 Å². The van der Waals surface area contributed by atoms with Gasteiger partial charge in [-0.1, -0.05) is 60.1 Å². The number of carboxylic acid groups (broad SMARTS) is 2. The summed E-state index contributed by atoms with van der Waals surface area (Å²) in [6, 6.07) is 3.77. The van der Waals surface area contributed by atoms with Gasteiger partial charge in [-0.2, -0.15) is 0 Å². The molecule has 8 atom stereocenters. The molecule has 5 aliphatic rings. The highest BCUT2D eigenvalue weighted by molar-refractivity contribution is 7.15. The summed E-state index contributed by atoms with van der Waals surface area (Å²) >= 11 is 1.42. The van der Waals surface area contributed by atoms with E-state index in [1.807, 2.05) is 26.8 Å². The first-order chi connectivity index (χ1) is 20.4. The zero-order valence-electron chi connectivity index (χ0n) is 27.7. The molecule has 4 fully saturated rings. The molecule has 5 aliphatic carbocycles. The number of terminal acetylenes is 1. The van der Waals surface area contributed by atoms with Gasteiger partial charge in [-0.15, -0.1) is 30.8 Å². The average molecular weight is 609 g/mol. The van der Waals surface area contributed by atoms with Crippen molar-refractivity contribution in [2.24, 2.45) is 51.2 Å². The first-order valence-corrected chi connectivity index (χ1v) is 17.4. The van der Waals surface area contributed by atoms with Crippen molar-refractivity contribution in [1.29, 1.82) is 0 Å². The van der Waals surface area contributed by atoms with Crippen LogP contribution in [-0.4, -0.2) is 22.2 Å². The lowest BCUT2D eigenvalue weighted by molar-refractivity contribution is -0.187. The Kier molecular flexibility index (Phi) is 10.9. The molecular weight excluding hydrogens is 552 g/mol. The molecule has 6 rings (SSSR count). The molecule has 0 saturated heterocycles. The fourth-order valence-corrected chi connectivity index (χ4v) is 12.3. The van der Waals surface area contributed by atoms with Gasteiger partial charge in [-0.05, 0) is 128 Å². The molecule has 0 spiro atoms. The number of carbonyl (C=O) groups is 2. The zero-order valence-corrected chi connectivity index (χ0v) is 28.6. The number of thiophene rings is 1. The van der Waals surface area contributed by atoms with Crippen LogP contribution in [0, 0.1) is 64.1 Å². The first kappa shape index (κ1) is 35.2. The molecule has 2 N–H and O–H groups in total. The summed E-state index contributed by atoms with van der Waals surface area (Å²) in [5, 5.41) is 19.7. The quantitative estimate of drug-likeness (QED) is 0.264. The summed E-state index contributed by atoms with van der Waals surface area (Å²) in [4.78, 5) is 25.5. The van der Waals surface area contributed by atoms with E-state index in [1.165, 1.54) is 42.6 Å². The van der Waals surface area contributed by atoms with Crippen LogP contribution in [0.4, 0.5) is 0 Å². The van der Waals surface area contributed by atoms with E-state index in [1.54, 1.807) is 12.1 Å². The normalized spacial score (nSPS) is 38.2. The molecule has 0 aromatic carbocycles. The second-order valence-electron chi connectivity index (χ2n) is 14.4. The van der Waals surface area contributed by atoms with Crippen LogP contribution < -0.4 is 0 Å². The minimum atomic E-state index is -0.836. The number of hydrogen-bond donors (Lipinski definition) is 2. The lowest BCUT2D eigenvalue weighted by Crippen LogP contribution is -2.61. The van der Waals surface area contributed by atoms with Crippen molar-refractivity contribution in [2.45, 2.75) is 113 Å². The maximum atomic E-state index is 12.5. The molecule has 4 nitrogen and oxygen atoms in total. The van der Waals surface area contributed by atoms with Crippen molar-refractivity contribution >= 4 is 28.8 Å². The summed E-state index contributed by atoms with van der Waals surface area (Å²) in [7, 11) is 0. The van der Waals surface area contributed by atoms with Gasteiger partial charge < -0.3 is 10.2 Å². The number of carboxylic acids is 2. The van der Waals surface area contributed by atoms with Crippen molar-refractivity contribution in [3.8, 4) is 12.8 Å². The van der Waals surface area contributed by atoms with E-state index in [2.05, 4.69) is 53.2 Å². The van der Waals surface area contributed by atoms with E-state index in [4.69, 9.17) is 0 Å². The van der Waals surface area contributed by atoms with Crippen LogP contribution in [0.15, 0.2) is 30.9 Å². The molecule has 43 heavy (non-hydrogen) atoms. The Morgan fingerprint density at radius 1 is 0.907 bits per heavy atom. The molecule has 5 heteroatoms. The van der Waals surface area contributed by atoms with Crippen LogP contribution in [-0.2, 0) is 4.79 Å². The van der Waals surface area contributed by atoms with Gasteiger partial charge in [0.05, 0.1) is 5.41 Å². The molecule has 1 aromatic heterocycles. The summed E-state index contributed by atoms with van der Waals surface area (Å²) in [5.74, 6) is 1.51. The van der Waals surface area contributed by atoms with E-state index in [-0.39, 0.29) is 10.8 Å². The van der Waals surface area contributed by atoms with Crippen molar-refractivity contribution in [3.63, 3.8) is 0 Å². The minimum Gasteiger partial charge on any atom is -0.481 e. The van der Waals surface area contributed by atoms with Crippen molar-refractivity contribution in [3.05, 3.63) is 40.6 Å². The summed E-state index contributed by atoms with van der Waals surface area (Å²) < 4.78 is 0. The van der Waals surface area contributed by atoms with Gasteiger partial charge in [0, 0.05) is 4.88 Å². The lowest BCUT2D eigenvalue weighted by Gasteiger charge is -2.68. The third kappa shape index (κ3) is 5.56. The number of allylic oxidation sites excluding steroid dienone is 3. The molecule has 1 aromatic rings. The predicted molar refractivity (Wildman–Crippen MR) is 180 cm³/mol. The van der Waals surface area contributed by atoms with E-state index in [9.17, 15) is 19.8 Å². The maximum Gasteiger partial charge on any atom is 0.345 e. The topological polar surface area (TPSA) is 74.6 Å². The molecule has 1 heterocycles. The molecule has 0 radical (unpaired) electrons. The van der Waals surface area contributed by atoms with Gasteiger partial charge in [0.2, 0.25) is 0 Å². The molecule has 4 saturated carbocycles. The fraction of sp³-hybridized carbons (Fsp3) is 0.684. The Balaban J connectivity index is 0.000000670. The largest absolute Gasteiger partial charge is 0.481 e. The highest BCUT2D eigenvalue weighted by Crippen LogP contribution is 2.73. The van der Waals surface area contributed by atoms with Crippen molar-refractivity contribution in [1.82, 2.24) is 0 Å². The summed E-state index contributed by atoms with van der Waals surface area (Å²) in [6.07, 6.45) is 23.3. The predicted octanol–water partition coefficient (Wildman–Crippen LogP) is 10.5. The molecular formula is C38H56O4S. The number of aliphatic carboxylic acids is 1. The molecule has 238 valence electrons. The molecule has 0 amide bonds.